The lowest BCUT2D eigenvalue weighted by molar-refractivity contribution is 0.0697. The molecule has 114 valence electrons. The molecule has 2 aromatic rings. The van der Waals surface area contributed by atoms with Crippen molar-refractivity contribution in [2.45, 2.75) is 19.8 Å². The molecule has 0 aliphatic rings. The Morgan fingerprint density at radius 1 is 1.41 bits per heavy atom. The summed E-state index contributed by atoms with van der Waals surface area (Å²) in [4.78, 5) is 29.0. The lowest BCUT2D eigenvalue weighted by atomic mass is 10.1. The summed E-state index contributed by atoms with van der Waals surface area (Å²) >= 11 is 0. The molecular formula is C15H16N4O3. The van der Waals surface area contributed by atoms with Gasteiger partial charge in [0.1, 0.15) is 0 Å². The average Bonchev–Trinajstić information content (AvgIpc) is 2.47. The van der Waals surface area contributed by atoms with E-state index in [1.165, 1.54) is 24.4 Å². The first kappa shape index (κ1) is 15.4. The first-order valence-corrected chi connectivity index (χ1v) is 6.81. The number of carbonyl (C=O) groups is 1. The van der Waals surface area contributed by atoms with Crippen molar-refractivity contribution in [2.24, 2.45) is 5.10 Å². The molecule has 1 aromatic heterocycles. The summed E-state index contributed by atoms with van der Waals surface area (Å²) < 4.78 is 0. The van der Waals surface area contributed by atoms with E-state index < -0.39 is 5.97 Å². The maximum Gasteiger partial charge on any atom is 0.335 e. The minimum atomic E-state index is -0.976. The highest BCUT2D eigenvalue weighted by atomic mass is 16.4. The molecule has 1 aromatic carbocycles. The average molecular weight is 300 g/mol. The smallest absolute Gasteiger partial charge is 0.335 e. The van der Waals surface area contributed by atoms with Gasteiger partial charge in [0, 0.05) is 11.8 Å². The van der Waals surface area contributed by atoms with Crippen LogP contribution in [0.1, 0.15) is 35.0 Å². The molecule has 0 atom stereocenters. The summed E-state index contributed by atoms with van der Waals surface area (Å²) in [6.07, 6.45) is 3.13. The molecule has 0 bridgehead atoms. The molecule has 0 spiro atoms. The maximum absolute atomic E-state index is 11.5. The summed E-state index contributed by atoms with van der Waals surface area (Å²) in [5, 5.41) is 12.8. The number of hydrogen-bond acceptors (Lipinski definition) is 5. The SMILES string of the molecule is CCCc1cc(=O)[nH]c(N/N=C\c2ccc(C(=O)O)cc2)n1. The summed E-state index contributed by atoms with van der Waals surface area (Å²) in [7, 11) is 0. The summed E-state index contributed by atoms with van der Waals surface area (Å²) in [6.45, 7) is 2.01. The number of hydrazone groups is 1. The highest BCUT2D eigenvalue weighted by Gasteiger charge is 2.01. The molecule has 3 N–H and O–H groups in total. The number of aromatic carboxylic acids is 1. The molecule has 0 fully saturated rings. The van der Waals surface area contributed by atoms with E-state index in [1.54, 1.807) is 12.1 Å². The zero-order valence-electron chi connectivity index (χ0n) is 12.0. The van der Waals surface area contributed by atoms with E-state index in [9.17, 15) is 9.59 Å². The van der Waals surface area contributed by atoms with Crippen molar-refractivity contribution in [1.82, 2.24) is 9.97 Å². The number of H-pyrrole nitrogens is 1. The van der Waals surface area contributed by atoms with Crippen LogP contribution in [0.5, 0.6) is 0 Å². The van der Waals surface area contributed by atoms with Gasteiger partial charge in [-0.05, 0) is 24.1 Å². The van der Waals surface area contributed by atoms with Crippen LogP contribution in [-0.2, 0) is 6.42 Å². The van der Waals surface area contributed by atoms with Crippen LogP contribution < -0.4 is 11.0 Å². The second-order valence-electron chi connectivity index (χ2n) is 4.63. The van der Waals surface area contributed by atoms with Crippen LogP contribution in [0.25, 0.3) is 0 Å². The Hall–Kier alpha value is -2.96. The van der Waals surface area contributed by atoms with Crippen LogP contribution in [-0.4, -0.2) is 27.3 Å². The molecule has 0 aliphatic carbocycles. The molecule has 22 heavy (non-hydrogen) atoms. The van der Waals surface area contributed by atoms with Gasteiger partial charge in [0.15, 0.2) is 0 Å². The van der Waals surface area contributed by atoms with E-state index in [0.29, 0.717) is 5.69 Å². The number of nitrogens with zero attached hydrogens (tertiary/aromatic N) is 2. The molecule has 0 unspecified atom stereocenters. The van der Waals surface area contributed by atoms with Gasteiger partial charge in [0.05, 0.1) is 11.8 Å². The molecule has 7 nitrogen and oxygen atoms in total. The Balaban J connectivity index is 2.05. The fourth-order valence-corrected chi connectivity index (χ4v) is 1.82. The molecule has 1 heterocycles. The third-order valence-electron chi connectivity index (χ3n) is 2.84. The van der Waals surface area contributed by atoms with Crippen LogP contribution >= 0.6 is 0 Å². The van der Waals surface area contributed by atoms with Gasteiger partial charge < -0.3 is 5.11 Å². The highest BCUT2D eigenvalue weighted by Crippen LogP contribution is 2.03. The molecule has 2 rings (SSSR count). The van der Waals surface area contributed by atoms with E-state index in [2.05, 4.69) is 20.5 Å². The molecule has 0 amide bonds. The fourth-order valence-electron chi connectivity index (χ4n) is 1.82. The topological polar surface area (TPSA) is 107 Å². The van der Waals surface area contributed by atoms with Crippen LogP contribution in [0.2, 0.25) is 0 Å². The molecular weight excluding hydrogens is 284 g/mol. The summed E-state index contributed by atoms with van der Waals surface area (Å²) in [6, 6.07) is 7.72. The van der Waals surface area contributed by atoms with Crippen molar-refractivity contribution in [3.05, 3.63) is 57.5 Å². The second-order valence-corrected chi connectivity index (χ2v) is 4.63. The zero-order valence-corrected chi connectivity index (χ0v) is 12.0. The number of aromatic amines is 1. The largest absolute Gasteiger partial charge is 0.478 e. The Morgan fingerprint density at radius 2 is 2.14 bits per heavy atom. The standard InChI is InChI=1S/C15H16N4O3/c1-2-3-12-8-13(20)18-15(17-12)19-16-9-10-4-6-11(7-5-10)14(21)22/h4-9H,2-3H2,1H3,(H,21,22)(H2,17,18,19,20)/b16-9-. The monoisotopic (exact) mass is 300 g/mol. The first-order valence-electron chi connectivity index (χ1n) is 6.81. The van der Waals surface area contributed by atoms with Gasteiger partial charge in [-0.2, -0.15) is 5.10 Å². The summed E-state index contributed by atoms with van der Waals surface area (Å²) in [5.74, 6) is -0.703. The van der Waals surface area contributed by atoms with Gasteiger partial charge in [0.2, 0.25) is 5.95 Å². The van der Waals surface area contributed by atoms with Gasteiger partial charge in [0.25, 0.3) is 5.56 Å². The van der Waals surface area contributed by atoms with Crippen molar-refractivity contribution in [3.8, 4) is 0 Å². The van der Waals surface area contributed by atoms with Crippen LogP contribution in [0.4, 0.5) is 5.95 Å². The van der Waals surface area contributed by atoms with Crippen molar-refractivity contribution in [2.75, 3.05) is 5.43 Å². The number of hydrogen-bond donors (Lipinski definition) is 3. The number of nitrogens with one attached hydrogen (secondary N) is 2. The van der Waals surface area contributed by atoms with Crippen LogP contribution in [0.3, 0.4) is 0 Å². The minimum Gasteiger partial charge on any atom is -0.478 e. The third-order valence-corrected chi connectivity index (χ3v) is 2.84. The van der Waals surface area contributed by atoms with Gasteiger partial charge in [-0.25, -0.2) is 15.2 Å². The number of carboxylic acids is 1. The maximum atomic E-state index is 11.5. The van der Waals surface area contributed by atoms with Crippen molar-refractivity contribution >= 4 is 18.1 Å². The molecule has 0 radical (unpaired) electrons. The van der Waals surface area contributed by atoms with Gasteiger partial charge >= 0.3 is 5.97 Å². The van der Waals surface area contributed by atoms with Gasteiger partial charge in [-0.3, -0.25) is 9.78 Å². The van der Waals surface area contributed by atoms with Crippen LogP contribution in [0.15, 0.2) is 40.2 Å². The number of aromatic nitrogens is 2. The lowest BCUT2D eigenvalue weighted by Crippen LogP contribution is -2.11. The molecule has 0 saturated carbocycles. The Bertz CT molecular complexity index is 735. The number of benzene rings is 1. The Kier molecular flexibility index (Phi) is 5.02. The van der Waals surface area contributed by atoms with Crippen molar-refractivity contribution < 1.29 is 9.90 Å². The van der Waals surface area contributed by atoms with E-state index in [-0.39, 0.29) is 17.1 Å². The first-order chi connectivity index (χ1) is 10.6. The van der Waals surface area contributed by atoms with E-state index >= 15 is 0 Å². The predicted octanol–water partition coefficient (Wildman–Crippen LogP) is 1.87. The zero-order chi connectivity index (χ0) is 15.9. The van der Waals surface area contributed by atoms with Crippen LogP contribution in [0, 0.1) is 0 Å². The van der Waals surface area contributed by atoms with Gasteiger partial charge in [-0.15, -0.1) is 0 Å². The van der Waals surface area contributed by atoms with Gasteiger partial charge in [-0.1, -0.05) is 25.5 Å². The van der Waals surface area contributed by atoms with Crippen molar-refractivity contribution in [3.63, 3.8) is 0 Å². The minimum absolute atomic E-state index is 0.211. The Labute approximate surface area is 126 Å². The molecule has 7 heteroatoms. The molecule has 0 saturated heterocycles. The predicted molar refractivity (Wildman–Crippen MR) is 83.5 cm³/mol. The lowest BCUT2D eigenvalue weighted by Gasteiger charge is -2.02. The Morgan fingerprint density at radius 3 is 2.77 bits per heavy atom. The van der Waals surface area contributed by atoms with E-state index in [4.69, 9.17) is 5.11 Å². The normalized spacial score (nSPS) is 10.8. The highest BCUT2D eigenvalue weighted by molar-refractivity contribution is 5.89. The number of rotatable bonds is 6. The van der Waals surface area contributed by atoms with E-state index in [1.807, 2.05) is 6.92 Å². The second kappa shape index (κ2) is 7.16. The quantitative estimate of drug-likeness (QED) is 0.557. The number of aryl methyl sites for hydroxylation is 1. The number of carboxylic acid groups (broad SMARTS) is 1. The fraction of sp³-hybridized carbons (Fsp3) is 0.200. The summed E-state index contributed by atoms with van der Waals surface area (Å²) in [5.41, 5.74) is 4.06. The number of anilines is 1. The van der Waals surface area contributed by atoms with Crippen molar-refractivity contribution in [1.29, 1.82) is 0 Å². The third kappa shape index (κ3) is 4.27. The van der Waals surface area contributed by atoms with E-state index in [0.717, 1.165) is 18.4 Å². The molecule has 0 aliphatic heterocycles.